The van der Waals surface area contributed by atoms with Gasteiger partial charge in [-0.05, 0) is 53.8 Å². The summed E-state index contributed by atoms with van der Waals surface area (Å²) in [5.74, 6) is 0. The number of para-hydroxylation sites is 2. The van der Waals surface area contributed by atoms with Crippen LogP contribution in [0.25, 0.3) is 11.1 Å². The maximum atomic E-state index is 2.31. The van der Waals surface area contributed by atoms with Crippen molar-refractivity contribution in [1.29, 1.82) is 0 Å². The summed E-state index contributed by atoms with van der Waals surface area (Å²) in [7, 11) is 2.16. The molecule has 4 aromatic rings. The Morgan fingerprint density at radius 1 is 0.531 bits per heavy atom. The van der Waals surface area contributed by atoms with Crippen molar-refractivity contribution in [3.8, 4) is 0 Å². The third-order valence-corrected chi connectivity index (χ3v) is 6.15. The number of fused-ring (bicyclic) bond motifs is 2. The van der Waals surface area contributed by atoms with Crippen LogP contribution in [0.15, 0.2) is 97.1 Å². The highest BCUT2D eigenvalue weighted by Gasteiger charge is 2.27. The van der Waals surface area contributed by atoms with E-state index in [2.05, 4.69) is 123 Å². The number of hydrogen-bond acceptors (Lipinski definition) is 1. The molecule has 0 bridgehead atoms. The van der Waals surface area contributed by atoms with E-state index in [0.29, 0.717) is 0 Å². The molecule has 1 aliphatic heterocycles. The maximum absolute atomic E-state index is 2.31. The highest BCUT2D eigenvalue weighted by atomic mass is 15.1. The SMILES string of the molecule is CC.Cc1ccccc1C(=C1c2ccccc2N(C)c2ccccc21)c1ccccc1C. The standard InChI is InChI=1S/C29H25N.C2H6/c1-20-12-4-6-14-22(20)28(23-15-7-5-13-21(23)2)29-24-16-8-10-18-26(24)30(3)27-19-11-9-17-25(27)29;1-2/h4-19H,1-3H3;1-2H3. The Morgan fingerprint density at radius 2 is 0.906 bits per heavy atom. The van der Waals surface area contributed by atoms with Crippen LogP contribution in [0, 0.1) is 13.8 Å². The fraction of sp³-hybridized carbons (Fsp3) is 0.161. The van der Waals surface area contributed by atoms with Gasteiger partial charge >= 0.3 is 0 Å². The average molecular weight is 418 g/mol. The molecule has 0 fully saturated rings. The van der Waals surface area contributed by atoms with Crippen LogP contribution in [-0.4, -0.2) is 7.05 Å². The van der Waals surface area contributed by atoms with Gasteiger partial charge in [-0.2, -0.15) is 0 Å². The van der Waals surface area contributed by atoms with Crippen LogP contribution in [0.3, 0.4) is 0 Å². The lowest BCUT2D eigenvalue weighted by atomic mass is 9.80. The largest absolute Gasteiger partial charge is 0.344 e. The molecule has 0 aromatic heterocycles. The Bertz CT molecular complexity index is 1180. The van der Waals surface area contributed by atoms with Crippen LogP contribution < -0.4 is 4.90 Å². The molecule has 0 aliphatic carbocycles. The number of hydrogen-bond donors (Lipinski definition) is 0. The summed E-state index contributed by atoms with van der Waals surface area (Å²) in [5.41, 5.74) is 12.8. The zero-order valence-electron chi connectivity index (χ0n) is 19.7. The molecule has 4 aromatic carbocycles. The predicted octanol–water partition coefficient (Wildman–Crippen LogP) is 8.42. The highest BCUT2D eigenvalue weighted by molar-refractivity contribution is 6.12. The van der Waals surface area contributed by atoms with Crippen molar-refractivity contribution in [3.63, 3.8) is 0 Å². The topological polar surface area (TPSA) is 3.24 Å². The van der Waals surface area contributed by atoms with E-state index in [0.717, 1.165) is 0 Å². The van der Waals surface area contributed by atoms with Crippen LogP contribution >= 0.6 is 0 Å². The van der Waals surface area contributed by atoms with Crippen LogP contribution in [0.2, 0.25) is 0 Å². The summed E-state index contributed by atoms with van der Waals surface area (Å²) in [6.45, 7) is 8.42. The van der Waals surface area contributed by atoms with Crippen LogP contribution in [0.1, 0.15) is 47.2 Å². The smallest absolute Gasteiger partial charge is 0.0488 e. The third kappa shape index (κ3) is 3.65. The van der Waals surface area contributed by atoms with E-state index in [1.807, 2.05) is 13.8 Å². The van der Waals surface area contributed by atoms with E-state index in [1.54, 1.807) is 0 Å². The summed E-state index contributed by atoms with van der Waals surface area (Å²) in [5, 5.41) is 0. The lowest BCUT2D eigenvalue weighted by Crippen LogP contribution is -2.18. The second kappa shape index (κ2) is 9.28. The first kappa shape index (κ1) is 21.6. The monoisotopic (exact) mass is 417 g/mol. The van der Waals surface area contributed by atoms with Crippen molar-refractivity contribution in [2.75, 3.05) is 11.9 Å². The molecule has 0 atom stereocenters. The molecule has 1 aliphatic rings. The van der Waals surface area contributed by atoms with Gasteiger partial charge in [0.1, 0.15) is 0 Å². The molecule has 1 nitrogen and oxygen atoms in total. The van der Waals surface area contributed by atoms with Crippen molar-refractivity contribution < 1.29 is 0 Å². The summed E-state index contributed by atoms with van der Waals surface area (Å²) in [6.07, 6.45) is 0. The Hall–Kier alpha value is -3.58. The zero-order chi connectivity index (χ0) is 22.7. The van der Waals surface area contributed by atoms with Gasteiger partial charge in [-0.15, -0.1) is 0 Å². The fourth-order valence-electron chi connectivity index (χ4n) is 4.62. The van der Waals surface area contributed by atoms with Crippen LogP contribution in [0.5, 0.6) is 0 Å². The lowest BCUT2D eigenvalue weighted by Gasteiger charge is -2.33. The third-order valence-electron chi connectivity index (χ3n) is 6.15. The Balaban J connectivity index is 0.00000119. The van der Waals surface area contributed by atoms with Crippen LogP contribution in [-0.2, 0) is 0 Å². The van der Waals surface area contributed by atoms with Gasteiger partial charge in [-0.1, -0.05) is 98.8 Å². The summed E-state index contributed by atoms with van der Waals surface area (Å²) < 4.78 is 0. The molecule has 0 amide bonds. The van der Waals surface area contributed by atoms with E-state index < -0.39 is 0 Å². The van der Waals surface area contributed by atoms with E-state index in [1.165, 1.54) is 55.9 Å². The molecular formula is C31H31N. The second-order valence-corrected chi connectivity index (χ2v) is 7.97. The highest BCUT2D eigenvalue weighted by Crippen LogP contribution is 2.49. The molecule has 32 heavy (non-hydrogen) atoms. The van der Waals surface area contributed by atoms with E-state index in [9.17, 15) is 0 Å². The Morgan fingerprint density at radius 3 is 1.34 bits per heavy atom. The minimum atomic E-state index is 1.24. The van der Waals surface area contributed by atoms with Gasteiger partial charge in [-0.3, -0.25) is 0 Å². The minimum Gasteiger partial charge on any atom is -0.344 e. The van der Waals surface area contributed by atoms with Gasteiger partial charge in [0.15, 0.2) is 0 Å². The van der Waals surface area contributed by atoms with Gasteiger partial charge in [0.05, 0.1) is 0 Å². The van der Waals surface area contributed by atoms with Gasteiger partial charge in [0.25, 0.3) is 0 Å². The van der Waals surface area contributed by atoms with Gasteiger partial charge in [0, 0.05) is 35.1 Å². The van der Waals surface area contributed by atoms with Crippen molar-refractivity contribution >= 4 is 22.5 Å². The van der Waals surface area contributed by atoms with Crippen molar-refractivity contribution in [2.45, 2.75) is 27.7 Å². The first-order valence-corrected chi connectivity index (χ1v) is 11.5. The molecule has 1 heterocycles. The van der Waals surface area contributed by atoms with Crippen LogP contribution in [0.4, 0.5) is 11.4 Å². The van der Waals surface area contributed by atoms with Crippen molar-refractivity contribution in [1.82, 2.24) is 0 Å². The summed E-state index contributed by atoms with van der Waals surface area (Å²) in [4.78, 5) is 2.31. The number of nitrogens with zero attached hydrogens (tertiary/aromatic N) is 1. The lowest BCUT2D eigenvalue weighted by molar-refractivity contribution is 1.17. The molecule has 0 N–H and O–H groups in total. The molecule has 160 valence electrons. The van der Waals surface area contributed by atoms with Gasteiger partial charge in [0.2, 0.25) is 0 Å². The molecule has 0 radical (unpaired) electrons. The number of anilines is 2. The number of rotatable bonds is 2. The predicted molar refractivity (Wildman–Crippen MR) is 140 cm³/mol. The molecule has 0 spiro atoms. The second-order valence-electron chi connectivity index (χ2n) is 7.97. The molecule has 1 heteroatoms. The summed E-state index contributed by atoms with van der Waals surface area (Å²) in [6, 6.07) is 35.0. The Labute approximate surface area is 192 Å². The molecule has 0 saturated carbocycles. The first-order valence-electron chi connectivity index (χ1n) is 11.5. The van der Waals surface area contributed by atoms with Crippen molar-refractivity contribution in [2.24, 2.45) is 0 Å². The average Bonchev–Trinajstić information content (AvgIpc) is 2.84. The van der Waals surface area contributed by atoms with E-state index >= 15 is 0 Å². The fourth-order valence-corrected chi connectivity index (χ4v) is 4.62. The molecule has 0 unspecified atom stereocenters. The van der Waals surface area contributed by atoms with Gasteiger partial charge in [-0.25, -0.2) is 0 Å². The van der Waals surface area contributed by atoms with Crippen molar-refractivity contribution in [3.05, 3.63) is 130 Å². The zero-order valence-corrected chi connectivity index (χ0v) is 19.7. The maximum Gasteiger partial charge on any atom is 0.0488 e. The summed E-state index contributed by atoms with van der Waals surface area (Å²) >= 11 is 0. The quantitative estimate of drug-likeness (QED) is 0.316. The van der Waals surface area contributed by atoms with E-state index in [-0.39, 0.29) is 0 Å². The molecule has 0 saturated heterocycles. The van der Waals surface area contributed by atoms with Gasteiger partial charge < -0.3 is 4.90 Å². The molecule has 5 rings (SSSR count). The normalized spacial score (nSPS) is 11.8. The number of aryl methyl sites for hydroxylation is 2. The Kier molecular flexibility index (Phi) is 6.28. The first-order chi connectivity index (χ1) is 15.7. The number of benzene rings is 4. The van der Waals surface area contributed by atoms with E-state index in [4.69, 9.17) is 0 Å². The molecular weight excluding hydrogens is 386 g/mol. The minimum absolute atomic E-state index is 1.24.